The van der Waals surface area contributed by atoms with Crippen LogP contribution >= 0.6 is 0 Å². The lowest BCUT2D eigenvalue weighted by molar-refractivity contribution is -0.152. The van der Waals surface area contributed by atoms with Crippen LogP contribution in [-0.2, 0) is 19.1 Å². The lowest BCUT2D eigenvalue weighted by Gasteiger charge is -2.57. The first-order valence-corrected chi connectivity index (χ1v) is 13.2. The first-order valence-electron chi connectivity index (χ1n) is 13.2. The molecule has 0 bridgehead atoms. The van der Waals surface area contributed by atoms with Crippen molar-refractivity contribution < 1.29 is 19.1 Å². The highest BCUT2D eigenvalue weighted by Gasteiger charge is 2.57. The van der Waals surface area contributed by atoms with E-state index in [0.717, 1.165) is 76.9 Å². The molecule has 4 aliphatic carbocycles. The number of carbonyl (C=O) groups excluding carboxylic acids is 2. The summed E-state index contributed by atoms with van der Waals surface area (Å²) in [6, 6.07) is 0. The van der Waals surface area contributed by atoms with Gasteiger partial charge in [-0.05, 0) is 79.6 Å². The Labute approximate surface area is 198 Å². The Kier molecular flexibility index (Phi) is 6.32. The summed E-state index contributed by atoms with van der Waals surface area (Å²) in [4.78, 5) is 27.1. The van der Waals surface area contributed by atoms with Gasteiger partial charge in [-0.25, -0.2) is 0 Å². The van der Waals surface area contributed by atoms with Crippen molar-refractivity contribution in [2.45, 2.75) is 78.2 Å². The Balaban J connectivity index is 1.21. The molecule has 1 aliphatic heterocycles. The molecule has 3 fully saturated rings. The first-order chi connectivity index (χ1) is 15.8. The van der Waals surface area contributed by atoms with Gasteiger partial charge < -0.3 is 9.47 Å². The SMILES string of the molecule is CC(=O)C1=CC[C@H]2[C@@H]3CC=C4C[C@H](OC(=O)CCN5CCOCC5)CC[C@]4(C)[C@H]3CC[C@]12C. The van der Waals surface area contributed by atoms with Crippen molar-refractivity contribution >= 4 is 11.8 Å². The maximum absolute atomic E-state index is 12.5. The molecule has 0 aromatic heterocycles. The number of nitrogens with zero attached hydrogens (tertiary/aromatic N) is 1. The Morgan fingerprint density at radius 1 is 1.06 bits per heavy atom. The van der Waals surface area contributed by atoms with Crippen LogP contribution in [0.2, 0.25) is 0 Å². The van der Waals surface area contributed by atoms with E-state index in [4.69, 9.17) is 9.47 Å². The number of hydrogen-bond donors (Lipinski definition) is 0. The third-order valence-corrected chi connectivity index (χ3v) is 10.1. The average molecular weight is 456 g/mol. The molecule has 0 radical (unpaired) electrons. The average Bonchev–Trinajstić information content (AvgIpc) is 3.16. The number of hydrogen-bond acceptors (Lipinski definition) is 5. The van der Waals surface area contributed by atoms with E-state index in [1.54, 1.807) is 6.92 Å². The van der Waals surface area contributed by atoms with E-state index in [9.17, 15) is 9.59 Å². The predicted molar refractivity (Wildman–Crippen MR) is 128 cm³/mol. The van der Waals surface area contributed by atoms with E-state index in [2.05, 4.69) is 30.9 Å². The van der Waals surface area contributed by atoms with E-state index < -0.39 is 0 Å². The highest BCUT2D eigenvalue weighted by molar-refractivity contribution is 5.95. The van der Waals surface area contributed by atoms with Crippen molar-refractivity contribution in [1.29, 1.82) is 0 Å². The lowest BCUT2D eigenvalue weighted by Crippen LogP contribution is -2.50. The number of esters is 1. The molecule has 6 atom stereocenters. The molecule has 0 aromatic rings. The van der Waals surface area contributed by atoms with Gasteiger partial charge in [-0.15, -0.1) is 0 Å². The van der Waals surface area contributed by atoms with Crippen LogP contribution in [0, 0.1) is 28.6 Å². The number of ketones is 1. The summed E-state index contributed by atoms with van der Waals surface area (Å²) in [6.45, 7) is 10.7. The quantitative estimate of drug-likeness (QED) is 0.444. The number of Topliss-reactive ketones (excluding diaryl/α,β-unsaturated/α-hetero) is 1. The smallest absolute Gasteiger partial charge is 0.307 e. The summed E-state index contributed by atoms with van der Waals surface area (Å²) in [7, 11) is 0. The molecule has 0 unspecified atom stereocenters. The van der Waals surface area contributed by atoms with Crippen molar-refractivity contribution in [2.24, 2.45) is 28.6 Å². The van der Waals surface area contributed by atoms with E-state index >= 15 is 0 Å². The zero-order valence-electron chi connectivity index (χ0n) is 20.7. The molecule has 1 saturated heterocycles. The van der Waals surface area contributed by atoms with Gasteiger partial charge in [0.1, 0.15) is 6.10 Å². The number of ether oxygens (including phenoxy) is 2. The molecule has 1 heterocycles. The minimum Gasteiger partial charge on any atom is -0.462 e. The van der Waals surface area contributed by atoms with Crippen LogP contribution in [0.1, 0.15) is 72.1 Å². The summed E-state index contributed by atoms with van der Waals surface area (Å²) >= 11 is 0. The summed E-state index contributed by atoms with van der Waals surface area (Å²) < 4.78 is 11.3. The number of allylic oxidation sites excluding steroid dienone is 3. The second kappa shape index (κ2) is 8.96. The number of morpholine rings is 1. The lowest BCUT2D eigenvalue weighted by atomic mass is 9.47. The molecule has 2 saturated carbocycles. The molecular weight excluding hydrogens is 414 g/mol. The van der Waals surface area contributed by atoms with Gasteiger partial charge in [0.05, 0.1) is 19.6 Å². The monoisotopic (exact) mass is 455 g/mol. The molecule has 0 amide bonds. The van der Waals surface area contributed by atoms with Gasteiger partial charge in [-0.3, -0.25) is 14.5 Å². The fourth-order valence-electron chi connectivity index (χ4n) is 8.16. The molecule has 5 rings (SSSR count). The van der Waals surface area contributed by atoms with E-state index in [1.165, 1.54) is 12.0 Å². The van der Waals surface area contributed by atoms with Crippen LogP contribution in [0.25, 0.3) is 0 Å². The molecule has 0 spiro atoms. The van der Waals surface area contributed by atoms with Crippen LogP contribution in [0.5, 0.6) is 0 Å². The second-order valence-electron chi connectivity index (χ2n) is 11.7. The zero-order valence-corrected chi connectivity index (χ0v) is 20.7. The van der Waals surface area contributed by atoms with Gasteiger partial charge >= 0.3 is 5.97 Å². The maximum Gasteiger partial charge on any atom is 0.307 e. The van der Waals surface area contributed by atoms with Gasteiger partial charge in [0, 0.05) is 26.1 Å². The molecule has 5 heteroatoms. The van der Waals surface area contributed by atoms with Crippen LogP contribution in [0.4, 0.5) is 0 Å². The third-order valence-electron chi connectivity index (χ3n) is 10.1. The van der Waals surface area contributed by atoms with Crippen molar-refractivity contribution in [3.8, 4) is 0 Å². The topological polar surface area (TPSA) is 55.8 Å². The standard InChI is InChI=1S/C28H41NO4/c1-19(30)23-6-7-24-22-5-4-20-18-21(33-26(31)10-13-29-14-16-32-17-15-29)8-11-27(20,2)25(22)9-12-28(23,24)3/h4,6,21-22,24-25H,5,7-18H2,1-3H3/t21-,22+,24+,25+,27+,28-/m1/s1. The largest absolute Gasteiger partial charge is 0.462 e. The summed E-state index contributed by atoms with van der Waals surface area (Å²) in [6.07, 6.45) is 12.8. The van der Waals surface area contributed by atoms with Crippen molar-refractivity contribution in [1.82, 2.24) is 4.90 Å². The maximum atomic E-state index is 12.5. The number of fused-ring (bicyclic) bond motifs is 5. The van der Waals surface area contributed by atoms with Gasteiger partial charge in [0.15, 0.2) is 5.78 Å². The third kappa shape index (κ3) is 4.14. The highest BCUT2D eigenvalue weighted by Crippen LogP contribution is 2.65. The molecule has 5 aliphatic rings. The van der Waals surface area contributed by atoms with E-state index in [-0.39, 0.29) is 28.7 Å². The normalized spacial score (nSPS) is 40.7. The predicted octanol–water partition coefficient (Wildman–Crippen LogP) is 4.71. The fourth-order valence-corrected chi connectivity index (χ4v) is 8.16. The first kappa shape index (κ1) is 23.3. The molecule has 0 aromatic carbocycles. The van der Waals surface area contributed by atoms with Crippen molar-refractivity contribution in [2.75, 3.05) is 32.8 Å². The van der Waals surface area contributed by atoms with Gasteiger partial charge in [-0.2, -0.15) is 0 Å². The zero-order chi connectivity index (χ0) is 23.2. The Hall–Kier alpha value is -1.46. The van der Waals surface area contributed by atoms with E-state index in [1.807, 2.05) is 0 Å². The Morgan fingerprint density at radius 3 is 2.58 bits per heavy atom. The number of rotatable bonds is 5. The summed E-state index contributed by atoms with van der Waals surface area (Å²) in [5.74, 6) is 2.17. The Morgan fingerprint density at radius 2 is 1.82 bits per heavy atom. The second-order valence-corrected chi connectivity index (χ2v) is 11.7. The minimum absolute atomic E-state index is 0.0318. The van der Waals surface area contributed by atoms with E-state index in [0.29, 0.717) is 24.2 Å². The van der Waals surface area contributed by atoms with Crippen LogP contribution in [0.3, 0.4) is 0 Å². The molecule has 33 heavy (non-hydrogen) atoms. The van der Waals surface area contributed by atoms with Gasteiger partial charge in [0.25, 0.3) is 0 Å². The molecule has 0 N–H and O–H groups in total. The van der Waals surface area contributed by atoms with Crippen LogP contribution in [-0.4, -0.2) is 55.6 Å². The van der Waals surface area contributed by atoms with Gasteiger partial charge in [0.2, 0.25) is 0 Å². The molecule has 182 valence electrons. The fraction of sp³-hybridized carbons (Fsp3) is 0.786. The Bertz CT molecular complexity index is 856. The van der Waals surface area contributed by atoms with Crippen LogP contribution < -0.4 is 0 Å². The summed E-state index contributed by atoms with van der Waals surface area (Å²) in [5, 5.41) is 0. The highest BCUT2D eigenvalue weighted by atomic mass is 16.5. The van der Waals surface area contributed by atoms with Crippen LogP contribution in [0.15, 0.2) is 23.3 Å². The minimum atomic E-state index is -0.0494. The van der Waals surface area contributed by atoms with Crippen molar-refractivity contribution in [3.05, 3.63) is 23.3 Å². The molecular formula is C28H41NO4. The van der Waals surface area contributed by atoms with Crippen molar-refractivity contribution in [3.63, 3.8) is 0 Å². The van der Waals surface area contributed by atoms with Gasteiger partial charge in [-0.1, -0.05) is 31.6 Å². The number of carbonyl (C=O) groups is 2. The molecule has 5 nitrogen and oxygen atoms in total. The summed E-state index contributed by atoms with van der Waals surface area (Å²) in [5.41, 5.74) is 2.92.